The van der Waals surface area contributed by atoms with Gasteiger partial charge in [0.15, 0.2) is 6.61 Å². The van der Waals surface area contributed by atoms with Crippen LogP contribution < -0.4 is 10.0 Å². The van der Waals surface area contributed by atoms with Crippen LogP contribution >= 0.6 is 27.5 Å². The molecule has 11 heteroatoms. The molecule has 1 amide bonds. The Morgan fingerprint density at radius 1 is 1.03 bits per heavy atom. The molecule has 3 aromatic rings. The minimum absolute atomic E-state index is 0.0373. The third kappa shape index (κ3) is 6.55. The minimum atomic E-state index is -4.01. The lowest BCUT2D eigenvalue weighted by Crippen LogP contribution is -2.21. The molecule has 0 saturated heterocycles. The number of carbonyl (C=O) groups excluding carboxylic acids is 2. The molecule has 0 bridgehead atoms. The number of halogens is 2. The SMILES string of the molecule is N#Cc1cccc(NC(=O)COC(=O)c2cc(S(=O)(=O)Nc3ccc(Br)cc3)ccc2Cl)c1. The van der Waals surface area contributed by atoms with Crippen LogP contribution in [0.15, 0.2) is 76.1 Å². The molecular weight excluding hydrogens is 534 g/mol. The molecule has 3 rings (SSSR count). The van der Waals surface area contributed by atoms with Crippen molar-refractivity contribution in [1.29, 1.82) is 5.26 Å². The van der Waals surface area contributed by atoms with E-state index in [1.807, 2.05) is 6.07 Å². The first-order valence-corrected chi connectivity index (χ1v) is 11.9. The number of anilines is 2. The zero-order valence-corrected chi connectivity index (χ0v) is 19.9. The number of ether oxygens (including phenoxy) is 1. The second-order valence-electron chi connectivity index (χ2n) is 6.57. The average molecular weight is 549 g/mol. The van der Waals surface area contributed by atoms with Gasteiger partial charge >= 0.3 is 5.97 Å². The normalized spacial score (nSPS) is 10.7. The number of sulfonamides is 1. The Bertz CT molecular complexity index is 1360. The van der Waals surface area contributed by atoms with E-state index in [-0.39, 0.29) is 15.5 Å². The largest absolute Gasteiger partial charge is 0.452 e. The summed E-state index contributed by atoms with van der Waals surface area (Å²) < 4.78 is 33.5. The number of rotatable bonds is 7. The highest BCUT2D eigenvalue weighted by atomic mass is 79.9. The molecule has 168 valence electrons. The van der Waals surface area contributed by atoms with E-state index in [4.69, 9.17) is 21.6 Å². The van der Waals surface area contributed by atoms with E-state index < -0.39 is 28.5 Å². The summed E-state index contributed by atoms with van der Waals surface area (Å²) in [7, 11) is -4.01. The number of hydrogen-bond donors (Lipinski definition) is 2. The van der Waals surface area contributed by atoms with E-state index in [0.717, 1.165) is 10.5 Å². The summed E-state index contributed by atoms with van der Waals surface area (Å²) in [6.07, 6.45) is 0. The summed E-state index contributed by atoms with van der Waals surface area (Å²) in [5.41, 5.74) is 0.829. The Morgan fingerprint density at radius 3 is 2.45 bits per heavy atom. The van der Waals surface area contributed by atoms with Crippen molar-refractivity contribution in [2.45, 2.75) is 4.90 Å². The first-order chi connectivity index (χ1) is 15.7. The highest BCUT2D eigenvalue weighted by Gasteiger charge is 2.20. The Balaban J connectivity index is 1.69. The van der Waals surface area contributed by atoms with Crippen molar-refractivity contribution >= 4 is 60.8 Å². The number of nitrogens with one attached hydrogen (secondary N) is 2. The predicted octanol–water partition coefficient (Wildman–Crippen LogP) is 4.57. The molecule has 0 aliphatic heterocycles. The Labute approximate surface area is 203 Å². The number of benzene rings is 3. The first kappa shape index (κ1) is 24.3. The van der Waals surface area contributed by atoms with Crippen molar-refractivity contribution < 1.29 is 22.7 Å². The van der Waals surface area contributed by atoms with Gasteiger partial charge in [-0.25, -0.2) is 13.2 Å². The molecule has 2 N–H and O–H groups in total. The summed E-state index contributed by atoms with van der Waals surface area (Å²) in [6.45, 7) is -0.639. The highest BCUT2D eigenvalue weighted by Crippen LogP contribution is 2.24. The van der Waals surface area contributed by atoms with E-state index in [1.165, 1.54) is 18.2 Å². The van der Waals surface area contributed by atoms with E-state index in [9.17, 15) is 18.0 Å². The van der Waals surface area contributed by atoms with Crippen molar-refractivity contribution in [2.75, 3.05) is 16.6 Å². The van der Waals surface area contributed by atoms with Gasteiger partial charge in [0.25, 0.3) is 15.9 Å². The van der Waals surface area contributed by atoms with Gasteiger partial charge in [0, 0.05) is 15.8 Å². The Kier molecular flexibility index (Phi) is 7.71. The third-order valence-electron chi connectivity index (χ3n) is 4.17. The van der Waals surface area contributed by atoms with Crippen LogP contribution in [0.3, 0.4) is 0 Å². The standard InChI is InChI=1S/C22H15BrClN3O5S/c23-15-4-6-16(7-5-15)27-33(30,31)18-8-9-20(24)19(11-18)22(29)32-13-21(28)26-17-3-1-2-14(10-17)12-25/h1-11,27H,13H2,(H,26,28). The lowest BCUT2D eigenvalue weighted by molar-refractivity contribution is -0.119. The fourth-order valence-corrected chi connectivity index (χ4v) is 4.18. The fraction of sp³-hybridized carbons (Fsp3) is 0.0455. The molecule has 0 aliphatic carbocycles. The molecule has 33 heavy (non-hydrogen) atoms. The van der Waals surface area contributed by atoms with E-state index in [2.05, 4.69) is 26.0 Å². The number of nitriles is 1. The van der Waals surface area contributed by atoms with Gasteiger partial charge in [-0.1, -0.05) is 33.6 Å². The number of nitrogens with zero attached hydrogens (tertiary/aromatic N) is 1. The molecule has 0 aromatic heterocycles. The van der Waals surface area contributed by atoms with Crippen molar-refractivity contribution in [3.63, 3.8) is 0 Å². The second kappa shape index (κ2) is 10.5. The quantitative estimate of drug-likeness (QED) is 0.417. The lowest BCUT2D eigenvalue weighted by Gasteiger charge is -2.11. The van der Waals surface area contributed by atoms with E-state index >= 15 is 0 Å². The van der Waals surface area contributed by atoms with Gasteiger partial charge < -0.3 is 10.1 Å². The molecular formula is C22H15BrClN3O5S. The van der Waals surface area contributed by atoms with Crippen LogP contribution in [0.5, 0.6) is 0 Å². The molecule has 0 heterocycles. The Hall–Kier alpha value is -3.39. The molecule has 0 fully saturated rings. The van der Waals surface area contributed by atoms with E-state index in [0.29, 0.717) is 16.9 Å². The molecule has 0 atom stereocenters. The smallest absolute Gasteiger partial charge is 0.340 e. The van der Waals surface area contributed by atoms with Crippen LogP contribution in [0, 0.1) is 11.3 Å². The zero-order valence-electron chi connectivity index (χ0n) is 16.7. The molecule has 0 aliphatic rings. The van der Waals surface area contributed by atoms with Gasteiger partial charge in [-0.2, -0.15) is 5.26 Å². The minimum Gasteiger partial charge on any atom is -0.452 e. The van der Waals surface area contributed by atoms with Crippen LogP contribution in [-0.2, 0) is 19.6 Å². The highest BCUT2D eigenvalue weighted by molar-refractivity contribution is 9.10. The summed E-state index contributed by atoms with van der Waals surface area (Å²) in [5, 5.41) is 11.4. The maximum Gasteiger partial charge on any atom is 0.340 e. The fourth-order valence-electron chi connectivity index (χ4n) is 2.63. The molecule has 3 aromatic carbocycles. The lowest BCUT2D eigenvalue weighted by atomic mass is 10.2. The maximum atomic E-state index is 12.7. The van der Waals surface area contributed by atoms with Crippen molar-refractivity contribution in [3.05, 3.63) is 87.4 Å². The van der Waals surface area contributed by atoms with Crippen LogP contribution in [0.4, 0.5) is 11.4 Å². The molecule has 0 saturated carbocycles. The predicted molar refractivity (Wildman–Crippen MR) is 126 cm³/mol. The van der Waals surface area contributed by atoms with Gasteiger partial charge in [-0.15, -0.1) is 0 Å². The van der Waals surface area contributed by atoms with Crippen LogP contribution in [0.2, 0.25) is 5.02 Å². The van der Waals surface area contributed by atoms with Gasteiger partial charge in [-0.3, -0.25) is 9.52 Å². The van der Waals surface area contributed by atoms with Gasteiger partial charge in [0.2, 0.25) is 0 Å². The molecule has 0 spiro atoms. The Morgan fingerprint density at radius 2 is 1.76 bits per heavy atom. The first-order valence-electron chi connectivity index (χ1n) is 9.23. The number of hydrogen-bond acceptors (Lipinski definition) is 6. The number of esters is 1. The summed E-state index contributed by atoms with van der Waals surface area (Å²) in [4.78, 5) is 24.3. The maximum absolute atomic E-state index is 12.7. The molecule has 0 radical (unpaired) electrons. The third-order valence-corrected chi connectivity index (χ3v) is 6.41. The summed E-state index contributed by atoms with van der Waals surface area (Å²) >= 11 is 9.31. The monoisotopic (exact) mass is 547 g/mol. The van der Waals surface area contributed by atoms with Crippen LogP contribution in [-0.4, -0.2) is 26.9 Å². The van der Waals surface area contributed by atoms with Crippen LogP contribution in [0.25, 0.3) is 0 Å². The van der Waals surface area contributed by atoms with Crippen LogP contribution in [0.1, 0.15) is 15.9 Å². The zero-order chi connectivity index (χ0) is 24.0. The van der Waals surface area contributed by atoms with Crippen molar-refractivity contribution in [3.8, 4) is 6.07 Å². The average Bonchev–Trinajstić information content (AvgIpc) is 2.79. The van der Waals surface area contributed by atoms with Crippen molar-refractivity contribution in [1.82, 2.24) is 0 Å². The summed E-state index contributed by atoms with van der Waals surface area (Å²) in [6, 6.07) is 18.2. The summed E-state index contributed by atoms with van der Waals surface area (Å²) in [5.74, 6) is -1.61. The van der Waals surface area contributed by atoms with Crippen molar-refractivity contribution in [2.24, 2.45) is 0 Å². The topological polar surface area (TPSA) is 125 Å². The second-order valence-corrected chi connectivity index (χ2v) is 9.58. The number of carbonyl (C=O) groups is 2. The van der Waals surface area contributed by atoms with Gasteiger partial charge in [0.1, 0.15) is 0 Å². The molecule has 0 unspecified atom stereocenters. The van der Waals surface area contributed by atoms with E-state index in [1.54, 1.807) is 42.5 Å². The van der Waals surface area contributed by atoms with Gasteiger partial charge in [-0.05, 0) is 60.7 Å². The number of amides is 1. The van der Waals surface area contributed by atoms with Gasteiger partial charge in [0.05, 0.1) is 27.1 Å². The molecule has 8 nitrogen and oxygen atoms in total.